The average Bonchev–Trinajstić information content (AvgIpc) is 2.50. The van der Waals surface area contributed by atoms with Crippen LogP contribution < -0.4 is 25.4 Å². The molecule has 1 rings (SSSR count). The Morgan fingerprint density at radius 3 is 2.45 bits per heavy atom. The number of urea groups is 1. The molecule has 0 fully saturated rings. The van der Waals surface area contributed by atoms with Gasteiger partial charge in [0.1, 0.15) is 17.5 Å². The highest BCUT2D eigenvalue weighted by Gasteiger charge is 2.17. The Kier molecular flexibility index (Phi) is 7.01. The van der Waals surface area contributed by atoms with Gasteiger partial charge in [-0.05, 0) is 32.9 Å². The van der Waals surface area contributed by atoms with Gasteiger partial charge in [0, 0.05) is 13.1 Å². The van der Waals surface area contributed by atoms with E-state index in [0.717, 1.165) is 0 Å². The zero-order valence-electron chi connectivity index (χ0n) is 13.4. The van der Waals surface area contributed by atoms with Gasteiger partial charge in [-0.15, -0.1) is 0 Å². The SMILES string of the molecule is CCOc1ccc(OCC)c(N[C@H](C)C(=O)NC(=O)NC)c1. The second kappa shape index (κ2) is 8.76. The molecule has 0 radical (unpaired) electrons. The molecule has 1 atom stereocenters. The summed E-state index contributed by atoms with van der Waals surface area (Å²) in [5, 5.41) is 7.57. The average molecular weight is 309 g/mol. The first-order valence-corrected chi connectivity index (χ1v) is 7.20. The molecule has 0 heterocycles. The summed E-state index contributed by atoms with van der Waals surface area (Å²) in [7, 11) is 1.44. The van der Waals surface area contributed by atoms with Gasteiger partial charge in [0.2, 0.25) is 5.91 Å². The summed E-state index contributed by atoms with van der Waals surface area (Å²) in [5.41, 5.74) is 0.632. The number of amides is 3. The minimum atomic E-state index is -0.617. The highest BCUT2D eigenvalue weighted by Crippen LogP contribution is 2.30. The molecule has 3 amide bonds. The lowest BCUT2D eigenvalue weighted by Gasteiger charge is -2.18. The Bertz CT molecular complexity index is 520. The van der Waals surface area contributed by atoms with Crippen LogP contribution in [0.15, 0.2) is 18.2 Å². The number of ether oxygens (including phenoxy) is 2. The van der Waals surface area contributed by atoms with Gasteiger partial charge < -0.3 is 20.1 Å². The first-order chi connectivity index (χ1) is 10.5. The van der Waals surface area contributed by atoms with Crippen LogP contribution in [-0.4, -0.2) is 38.2 Å². The Labute approximate surface area is 130 Å². The fourth-order valence-electron chi connectivity index (χ4n) is 1.74. The van der Waals surface area contributed by atoms with Crippen molar-refractivity contribution in [1.82, 2.24) is 10.6 Å². The fraction of sp³-hybridized carbons (Fsp3) is 0.467. The van der Waals surface area contributed by atoms with Crippen molar-refractivity contribution in [2.24, 2.45) is 0 Å². The lowest BCUT2D eigenvalue weighted by atomic mass is 10.2. The first kappa shape index (κ1) is 17.6. The molecule has 0 aromatic heterocycles. The van der Waals surface area contributed by atoms with Gasteiger partial charge in [-0.3, -0.25) is 10.1 Å². The topological polar surface area (TPSA) is 88.7 Å². The molecule has 0 saturated heterocycles. The third kappa shape index (κ3) is 5.16. The number of imide groups is 1. The molecule has 0 unspecified atom stereocenters. The predicted octanol–water partition coefficient (Wildman–Crippen LogP) is 1.74. The van der Waals surface area contributed by atoms with Crippen molar-refractivity contribution in [1.29, 1.82) is 0 Å². The molecule has 3 N–H and O–H groups in total. The van der Waals surface area contributed by atoms with Gasteiger partial charge in [0.15, 0.2) is 0 Å². The lowest BCUT2D eigenvalue weighted by molar-refractivity contribution is -0.120. The Morgan fingerprint density at radius 1 is 1.18 bits per heavy atom. The molecule has 1 aromatic rings. The van der Waals surface area contributed by atoms with Crippen LogP contribution in [0.1, 0.15) is 20.8 Å². The van der Waals surface area contributed by atoms with E-state index in [1.165, 1.54) is 7.05 Å². The number of carbonyl (C=O) groups excluding carboxylic acids is 2. The van der Waals surface area contributed by atoms with E-state index < -0.39 is 18.0 Å². The zero-order chi connectivity index (χ0) is 16.5. The van der Waals surface area contributed by atoms with E-state index >= 15 is 0 Å². The third-order valence-electron chi connectivity index (χ3n) is 2.79. The Balaban J connectivity index is 2.86. The largest absolute Gasteiger partial charge is 0.494 e. The third-order valence-corrected chi connectivity index (χ3v) is 2.79. The summed E-state index contributed by atoms with van der Waals surface area (Å²) in [6.45, 7) is 6.47. The molecule has 0 spiro atoms. The Morgan fingerprint density at radius 2 is 1.86 bits per heavy atom. The molecule has 1 aromatic carbocycles. The van der Waals surface area contributed by atoms with Crippen molar-refractivity contribution >= 4 is 17.6 Å². The molecule has 0 saturated carbocycles. The summed E-state index contributed by atoms with van der Waals surface area (Å²) in [4.78, 5) is 23.1. The van der Waals surface area contributed by atoms with Crippen molar-refractivity contribution in [2.45, 2.75) is 26.8 Å². The van der Waals surface area contributed by atoms with Crippen LogP contribution in [0.25, 0.3) is 0 Å². The van der Waals surface area contributed by atoms with Gasteiger partial charge in [0.05, 0.1) is 18.9 Å². The highest BCUT2D eigenvalue weighted by molar-refractivity contribution is 5.98. The fourth-order valence-corrected chi connectivity index (χ4v) is 1.74. The van der Waals surface area contributed by atoms with Crippen LogP contribution in [0.4, 0.5) is 10.5 Å². The van der Waals surface area contributed by atoms with E-state index in [0.29, 0.717) is 30.4 Å². The summed E-state index contributed by atoms with van der Waals surface area (Å²) in [6, 6.07) is 4.17. The minimum Gasteiger partial charge on any atom is -0.494 e. The van der Waals surface area contributed by atoms with Crippen molar-refractivity contribution in [3.63, 3.8) is 0 Å². The van der Waals surface area contributed by atoms with Gasteiger partial charge in [-0.2, -0.15) is 0 Å². The molecule has 22 heavy (non-hydrogen) atoms. The van der Waals surface area contributed by atoms with Crippen LogP contribution in [0.2, 0.25) is 0 Å². The van der Waals surface area contributed by atoms with Gasteiger partial charge >= 0.3 is 6.03 Å². The molecule has 0 aliphatic carbocycles. The van der Waals surface area contributed by atoms with Crippen LogP contribution >= 0.6 is 0 Å². The maximum atomic E-state index is 11.9. The maximum absolute atomic E-state index is 11.9. The molecule has 7 heteroatoms. The van der Waals surface area contributed by atoms with Crippen LogP contribution in [0, 0.1) is 0 Å². The van der Waals surface area contributed by atoms with Crippen LogP contribution in [0.5, 0.6) is 11.5 Å². The number of hydrogen-bond acceptors (Lipinski definition) is 5. The van der Waals surface area contributed by atoms with Crippen molar-refractivity contribution in [2.75, 3.05) is 25.6 Å². The molecular weight excluding hydrogens is 286 g/mol. The van der Waals surface area contributed by atoms with Gasteiger partial charge in [-0.1, -0.05) is 0 Å². The summed E-state index contributed by atoms with van der Waals surface area (Å²) >= 11 is 0. The van der Waals surface area contributed by atoms with Gasteiger partial charge in [-0.25, -0.2) is 4.79 Å². The van der Waals surface area contributed by atoms with Crippen molar-refractivity contribution in [3.05, 3.63) is 18.2 Å². The predicted molar refractivity (Wildman–Crippen MR) is 84.5 cm³/mol. The van der Waals surface area contributed by atoms with Crippen molar-refractivity contribution in [3.8, 4) is 11.5 Å². The van der Waals surface area contributed by atoms with Crippen molar-refractivity contribution < 1.29 is 19.1 Å². The lowest BCUT2D eigenvalue weighted by Crippen LogP contribution is -2.44. The smallest absolute Gasteiger partial charge is 0.321 e. The molecular formula is C15H23N3O4. The number of nitrogens with one attached hydrogen (secondary N) is 3. The molecule has 7 nitrogen and oxygen atoms in total. The minimum absolute atomic E-state index is 0.441. The van der Waals surface area contributed by atoms with E-state index in [-0.39, 0.29) is 0 Å². The van der Waals surface area contributed by atoms with E-state index in [9.17, 15) is 9.59 Å². The first-order valence-electron chi connectivity index (χ1n) is 7.20. The summed E-state index contributed by atoms with van der Waals surface area (Å²) < 4.78 is 11.0. The summed E-state index contributed by atoms with van der Waals surface area (Å²) in [6.07, 6.45) is 0. The number of rotatable bonds is 7. The van der Waals surface area contributed by atoms with E-state index in [1.807, 2.05) is 13.8 Å². The quantitative estimate of drug-likeness (QED) is 0.714. The standard InChI is InChI=1S/C15H23N3O4/c1-5-21-11-7-8-13(22-6-2)12(9-11)17-10(3)14(19)18-15(20)16-4/h7-10,17H,5-6H2,1-4H3,(H2,16,18,19,20)/t10-/m1/s1. The molecule has 122 valence electrons. The monoisotopic (exact) mass is 309 g/mol. The molecule has 0 bridgehead atoms. The number of benzene rings is 1. The number of hydrogen-bond donors (Lipinski definition) is 3. The van der Waals surface area contributed by atoms with E-state index in [1.54, 1.807) is 25.1 Å². The zero-order valence-corrected chi connectivity index (χ0v) is 13.4. The number of carbonyl (C=O) groups is 2. The summed E-state index contributed by atoms with van der Waals surface area (Å²) in [5.74, 6) is 0.849. The normalized spacial score (nSPS) is 11.3. The van der Waals surface area contributed by atoms with E-state index in [4.69, 9.17) is 9.47 Å². The molecule has 0 aliphatic heterocycles. The van der Waals surface area contributed by atoms with Gasteiger partial charge in [0.25, 0.3) is 0 Å². The second-order valence-electron chi connectivity index (χ2n) is 4.46. The highest BCUT2D eigenvalue weighted by atomic mass is 16.5. The number of anilines is 1. The maximum Gasteiger partial charge on any atom is 0.321 e. The Hall–Kier alpha value is -2.44. The van der Waals surface area contributed by atoms with Crippen LogP contribution in [-0.2, 0) is 4.79 Å². The molecule has 0 aliphatic rings. The van der Waals surface area contributed by atoms with E-state index in [2.05, 4.69) is 16.0 Å². The van der Waals surface area contributed by atoms with Crippen LogP contribution in [0.3, 0.4) is 0 Å². The second-order valence-corrected chi connectivity index (χ2v) is 4.46.